The maximum atomic E-state index is 5.18. The van der Waals surface area contributed by atoms with Gasteiger partial charge in [-0.25, -0.2) is 4.98 Å². The zero-order valence-electron chi connectivity index (χ0n) is 21.5. The van der Waals surface area contributed by atoms with Crippen molar-refractivity contribution >= 4 is 27.9 Å². The number of para-hydroxylation sites is 2. The fourth-order valence-electron chi connectivity index (χ4n) is 5.46. The molecule has 2 nitrogen and oxygen atoms in total. The topological polar surface area (TPSA) is 17.8 Å². The molecule has 0 saturated heterocycles. The molecule has 0 unspecified atom stereocenters. The highest BCUT2D eigenvalue weighted by atomic mass is 15.0. The van der Waals surface area contributed by atoms with Gasteiger partial charge in [0.05, 0.1) is 22.4 Å². The van der Waals surface area contributed by atoms with Crippen LogP contribution >= 0.6 is 0 Å². The number of benzene rings is 5. The van der Waals surface area contributed by atoms with Crippen LogP contribution in [0.2, 0.25) is 0 Å². The van der Waals surface area contributed by atoms with Crippen molar-refractivity contribution in [2.75, 3.05) is 0 Å². The van der Waals surface area contributed by atoms with E-state index in [1.54, 1.807) is 0 Å². The predicted octanol–water partition coefficient (Wildman–Crippen LogP) is 9.82. The van der Waals surface area contributed by atoms with Crippen LogP contribution in [0.15, 0.2) is 146 Å². The summed E-state index contributed by atoms with van der Waals surface area (Å²) in [5, 5.41) is 2.49. The molecule has 0 aliphatic carbocycles. The van der Waals surface area contributed by atoms with E-state index in [0.717, 1.165) is 39.3 Å². The Kier molecular flexibility index (Phi) is 5.64. The zero-order chi connectivity index (χ0) is 26.2. The minimum absolute atomic E-state index is 0.931. The van der Waals surface area contributed by atoms with E-state index in [1.165, 1.54) is 27.4 Å². The third kappa shape index (κ3) is 4.13. The van der Waals surface area contributed by atoms with Crippen molar-refractivity contribution in [1.82, 2.24) is 9.55 Å². The van der Waals surface area contributed by atoms with Gasteiger partial charge in [-0.15, -0.1) is 0 Å². The average molecular weight is 499 g/mol. The van der Waals surface area contributed by atoms with Crippen LogP contribution in [0, 0.1) is 0 Å². The summed E-state index contributed by atoms with van der Waals surface area (Å²) in [5.41, 5.74) is 10.9. The second-order valence-corrected chi connectivity index (χ2v) is 9.75. The molecule has 7 aromatic rings. The van der Waals surface area contributed by atoms with Crippen molar-refractivity contribution in [3.63, 3.8) is 0 Å². The van der Waals surface area contributed by atoms with Gasteiger partial charge in [0, 0.05) is 27.6 Å². The van der Waals surface area contributed by atoms with Crippen molar-refractivity contribution in [1.29, 1.82) is 0 Å². The third-order valence-corrected chi connectivity index (χ3v) is 7.31. The van der Waals surface area contributed by atoms with Gasteiger partial charge in [-0.3, -0.25) is 0 Å². The molecule has 0 radical (unpaired) electrons. The fraction of sp³-hybridized carbons (Fsp3) is 0. The Balaban J connectivity index is 1.48. The van der Waals surface area contributed by atoms with E-state index in [0.29, 0.717) is 0 Å². The maximum absolute atomic E-state index is 5.18. The van der Waals surface area contributed by atoms with Gasteiger partial charge in [-0.1, -0.05) is 110 Å². The zero-order valence-corrected chi connectivity index (χ0v) is 21.5. The molecular formula is C37H26N2. The first-order chi connectivity index (χ1) is 19.3. The summed E-state index contributed by atoms with van der Waals surface area (Å²) in [6.07, 6.45) is 1.92. The monoisotopic (exact) mass is 498 g/mol. The predicted molar refractivity (Wildman–Crippen MR) is 165 cm³/mol. The van der Waals surface area contributed by atoms with Crippen molar-refractivity contribution in [2.45, 2.75) is 0 Å². The lowest BCUT2D eigenvalue weighted by atomic mass is 9.99. The van der Waals surface area contributed by atoms with Crippen molar-refractivity contribution in [3.8, 4) is 39.3 Å². The lowest BCUT2D eigenvalue weighted by molar-refractivity contribution is 1.18. The van der Waals surface area contributed by atoms with Gasteiger partial charge in [0.15, 0.2) is 0 Å². The Morgan fingerprint density at radius 1 is 0.487 bits per heavy atom. The molecule has 0 spiro atoms. The van der Waals surface area contributed by atoms with Gasteiger partial charge in [0.25, 0.3) is 0 Å². The van der Waals surface area contributed by atoms with Gasteiger partial charge >= 0.3 is 0 Å². The molecule has 2 aromatic heterocycles. The summed E-state index contributed by atoms with van der Waals surface area (Å²) in [4.78, 5) is 5.18. The summed E-state index contributed by atoms with van der Waals surface area (Å²) >= 11 is 0. The second kappa shape index (κ2) is 9.59. The Labute approximate surface area is 228 Å². The van der Waals surface area contributed by atoms with E-state index in [9.17, 15) is 0 Å². The molecule has 2 heteroatoms. The Bertz CT molecular complexity index is 1850. The minimum atomic E-state index is 0.931. The van der Waals surface area contributed by atoms with E-state index < -0.39 is 0 Å². The molecule has 0 saturated carbocycles. The van der Waals surface area contributed by atoms with E-state index in [1.807, 2.05) is 12.1 Å². The molecule has 0 fully saturated rings. The lowest BCUT2D eigenvalue weighted by Crippen LogP contribution is -1.97. The molecule has 0 amide bonds. The van der Waals surface area contributed by atoms with Crippen LogP contribution in [0.4, 0.5) is 0 Å². The number of rotatable bonds is 5. The van der Waals surface area contributed by atoms with Gasteiger partial charge < -0.3 is 4.57 Å². The smallest absolute Gasteiger partial charge is 0.0716 e. The normalized spacial score (nSPS) is 11.2. The molecule has 0 N–H and O–H groups in total. The first kappa shape index (κ1) is 22.9. The molecule has 0 aliphatic rings. The number of aromatic nitrogens is 2. The van der Waals surface area contributed by atoms with Crippen molar-refractivity contribution in [2.24, 2.45) is 0 Å². The molecule has 2 heterocycles. The summed E-state index contributed by atoms with van der Waals surface area (Å²) in [7, 11) is 0. The Morgan fingerprint density at radius 3 is 1.64 bits per heavy atom. The number of hydrogen-bond donors (Lipinski definition) is 0. The van der Waals surface area contributed by atoms with Crippen LogP contribution in [-0.2, 0) is 0 Å². The highest BCUT2D eigenvalue weighted by molar-refractivity contribution is 6.09. The summed E-state index contributed by atoms with van der Waals surface area (Å²) < 4.78 is 2.35. The van der Waals surface area contributed by atoms with Crippen LogP contribution < -0.4 is 0 Å². The maximum Gasteiger partial charge on any atom is 0.0716 e. The Morgan fingerprint density at radius 2 is 1.03 bits per heavy atom. The largest absolute Gasteiger partial charge is 0.309 e. The van der Waals surface area contributed by atoms with E-state index in [2.05, 4.69) is 145 Å². The summed E-state index contributed by atoms with van der Waals surface area (Å²) in [5.74, 6) is 0. The number of fused-ring (bicyclic) bond motifs is 3. The van der Waals surface area contributed by atoms with Crippen LogP contribution in [0.1, 0.15) is 5.56 Å². The van der Waals surface area contributed by atoms with Crippen LogP contribution in [0.3, 0.4) is 0 Å². The van der Waals surface area contributed by atoms with Gasteiger partial charge in [0.2, 0.25) is 0 Å². The van der Waals surface area contributed by atoms with E-state index in [4.69, 9.17) is 4.98 Å². The van der Waals surface area contributed by atoms with E-state index >= 15 is 0 Å². The first-order valence-electron chi connectivity index (χ1n) is 13.2. The number of nitrogens with zero attached hydrogens (tertiary/aromatic N) is 2. The third-order valence-electron chi connectivity index (χ3n) is 7.31. The summed E-state index contributed by atoms with van der Waals surface area (Å²) in [6.45, 7) is 4.11. The molecule has 0 aliphatic heterocycles. The molecule has 0 bridgehead atoms. The standard InChI is InChI=1S/C37H26N2/c1-2-26-21-30(23-31(22-26)39-36-19-11-9-17-32(36)33-18-10-12-20-37(33)39)35-25-29(27-13-5-3-6-14-27)24-34(38-35)28-15-7-4-8-16-28/h2-25H,1H2. The quantitative estimate of drug-likeness (QED) is 0.231. The van der Waals surface area contributed by atoms with Crippen LogP contribution in [0.5, 0.6) is 0 Å². The second-order valence-electron chi connectivity index (χ2n) is 9.75. The molecule has 39 heavy (non-hydrogen) atoms. The first-order valence-corrected chi connectivity index (χ1v) is 13.2. The van der Waals surface area contributed by atoms with Crippen molar-refractivity contribution < 1.29 is 0 Å². The molecule has 5 aromatic carbocycles. The van der Waals surface area contributed by atoms with Crippen LogP contribution in [-0.4, -0.2) is 9.55 Å². The highest BCUT2D eigenvalue weighted by Crippen LogP contribution is 2.35. The van der Waals surface area contributed by atoms with Crippen molar-refractivity contribution in [3.05, 3.63) is 152 Å². The van der Waals surface area contributed by atoms with E-state index in [-0.39, 0.29) is 0 Å². The number of pyridine rings is 1. The van der Waals surface area contributed by atoms with Crippen LogP contribution in [0.25, 0.3) is 67.2 Å². The molecule has 7 rings (SSSR count). The molecular weight excluding hydrogens is 472 g/mol. The molecule has 184 valence electrons. The van der Waals surface area contributed by atoms with Gasteiger partial charge in [-0.05, 0) is 59.2 Å². The van der Waals surface area contributed by atoms with Gasteiger partial charge in [0.1, 0.15) is 0 Å². The lowest BCUT2D eigenvalue weighted by Gasteiger charge is -2.14. The average Bonchev–Trinajstić information content (AvgIpc) is 3.36. The highest BCUT2D eigenvalue weighted by Gasteiger charge is 2.15. The minimum Gasteiger partial charge on any atom is -0.309 e. The Hall–Kier alpha value is -5.21. The SMILES string of the molecule is C=Cc1cc(-c2cc(-c3ccccc3)cc(-c3ccccc3)n2)cc(-n2c3ccccc3c3ccccc32)c1. The summed E-state index contributed by atoms with van der Waals surface area (Å²) in [6, 6.07) is 49.1. The fourth-order valence-corrected chi connectivity index (χ4v) is 5.46. The molecule has 0 atom stereocenters. The number of hydrogen-bond acceptors (Lipinski definition) is 1. The van der Waals surface area contributed by atoms with Gasteiger partial charge in [-0.2, -0.15) is 0 Å².